The van der Waals surface area contributed by atoms with E-state index in [9.17, 15) is 9.18 Å². The van der Waals surface area contributed by atoms with Gasteiger partial charge in [-0.1, -0.05) is 0 Å². The third kappa shape index (κ3) is 1.95. The highest BCUT2D eigenvalue weighted by Crippen LogP contribution is 2.19. The minimum absolute atomic E-state index is 0.145. The number of carbonyl (C=O) groups is 1. The molecule has 3 N–H and O–H groups in total. The van der Waals surface area contributed by atoms with Gasteiger partial charge in [0, 0.05) is 6.07 Å². The number of amides is 1. The molecule has 0 spiro atoms. The predicted molar refractivity (Wildman–Crippen MR) is 56.2 cm³/mol. The van der Waals surface area contributed by atoms with Crippen LogP contribution in [0.4, 0.5) is 10.4 Å². The molecule has 2 rings (SSSR count). The molecule has 1 atom stereocenters. The molecule has 0 fully saturated rings. The number of rotatable bonds is 3. The van der Waals surface area contributed by atoms with Crippen LogP contribution in [-0.4, -0.2) is 16.9 Å². The second-order valence-electron chi connectivity index (χ2n) is 3.40. The first-order valence-electron chi connectivity index (χ1n) is 4.68. The van der Waals surface area contributed by atoms with Crippen LogP contribution in [0.1, 0.15) is 6.92 Å². The number of nitrogens with two attached hydrogens (primary N) is 1. The fraction of sp³-hybridized carbons (Fsp3) is 0.200. The van der Waals surface area contributed by atoms with Gasteiger partial charge in [-0.15, -0.1) is 0 Å². The maximum atomic E-state index is 12.9. The average Bonchev–Trinajstić information content (AvgIpc) is 2.58. The zero-order chi connectivity index (χ0) is 11.7. The molecule has 1 aromatic carbocycles. The van der Waals surface area contributed by atoms with E-state index in [1.807, 2.05) is 0 Å². The van der Waals surface area contributed by atoms with E-state index in [-0.39, 0.29) is 6.01 Å². The highest BCUT2D eigenvalue weighted by Gasteiger charge is 2.12. The van der Waals surface area contributed by atoms with E-state index in [0.717, 1.165) is 0 Å². The van der Waals surface area contributed by atoms with E-state index in [1.54, 1.807) is 6.92 Å². The van der Waals surface area contributed by atoms with Gasteiger partial charge in [-0.05, 0) is 19.1 Å². The van der Waals surface area contributed by atoms with E-state index in [2.05, 4.69) is 10.3 Å². The van der Waals surface area contributed by atoms with Crippen molar-refractivity contribution in [3.05, 3.63) is 24.0 Å². The molecule has 1 amide bonds. The molecule has 6 heteroatoms. The zero-order valence-electron chi connectivity index (χ0n) is 8.53. The number of hydrogen-bond donors (Lipinski definition) is 2. The van der Waals surface area contributed by atoms with Crippen LogP contribution in [0, 0.1) is 5.82 Å². The molecule has 84 valence electrons. The molecule has 5 nitrogen and oxygen atoms in total. The van der Waals surface area contributed by atoms with Crippen molar-refractivity contribution in [3.8, 4) is 0 Å². The Morgan fingerprint density at radius 1 is 1.62 bits per heavy atom. The summed E-state index contributed by atoms with van der Waals surface area (Å²) in [6.45, 7) is 1.58. The first-order valence-corrected chi connectivity index (χ1v) is 4.68. The highest BCUT2D eigenvalue weighted by molar-refractivity contribution is 5.82. The van der Waals surface area contributed by atoms with Gasteiger partial charge in [0.1, 0.15) is 17.4 Å². The monoisotopic (exact) mass is 223 g/mol. The van der Waals surface area contributed by atoms with Crippen molar-refractivity contribution in [3.63, 3.8) is 0 Å². The molecule has 0 saturated carbocycles. The van der Waals surface area contributed by atoms with Crippen LogP contribution in [0.25, 0.3) is 11.1 Å². The number of nitrogens with zero attached hydrogens (tertiary/aromatic N) is 1. The van der Waals surface area contributed by atoms with Crippen molar-refractivity contribution in [1.82, 2.24) is 4.98 Å². The van der Waals surface area contributed by atoms with Crippen molar-refractivity contribution < 1.29 is 13.6 Å². The Balaban J connectivity index is 2.29. The molecule has 0 radical (unpaired) electrons. The second kappa shape index (κ2) is 3.80. The summed E-state index contributed by atoms with van der Waals surface area (Å²) >= 11 is 0. The standard InChI is InChI=1S/C10H10FN3O2/c1-5(9(12)15)13-10-14-7-4-6(11)2-3-8(7)16-10/h2-5H,1H3,(H2,12,15)(H,13,14). The number of benzene rings is 1. The van der Waals surface area contributed by atoms with Gasteiger partial charge in [-0.3, -0.25) is 4.79 Å². The lowest BCUT2D eigenvalue weighted by Crippen LogP contribution is -2.32. The van der Waals surface area contributed by atoms with Crippen LogP contribution in [0.15, 0.2) is 22.6 Å². The number of primary amides is 1. The number of halogens is 1. The lowest BCUT2D eigenvalue weighted by atomic mass is 10.3. The normalized spacial score (nSPS) is 12.6. The first-order chi connectivity index (χ1) is 7.56. The van der Waals surface area contributed by atoms with E-state index in [0.29, 0.717) is 11.1 Å². The first kappa shape index (κ1) is 10.4. The number of aromatic nitrogens is 1. The summed E-state index contributed by atoms with van der Waals surface area (Å²) in [4.78, 5) is 14.8. The number of nitrogens with one attached hydrogen (secondary N) is 1. The zero-order valence-corrected chi connectivity index (χ0v) is 8.53. The molecular weight excluding hydrogens is 213 g/mol. The lowest BCUT2D eigenvalue weighted by Gasteiger charge is -2.05. The molecule has 0 saturated heterocycles. The Morgan fingerprint density at radius 3 is 3.06 bits per heavy atom. The highest BCUT2D eigenvalue weighted by atomic mass is 19.1. The maximum Gasteiger partial charge on any atom is 0.296 e. The van der Waals surface area contributed by atoms with E-state index in [4.69, 9.17) is 10.2 Å². The van der Waals surface area contributed by atoms with E-state index in [1.165, 1.54) is 18.2 Å². The van der Waals surface area contributed by atoms with Gasteiger partial charge in [0.2, 0.25) is 5.91 Å². The van der Waals surface area contributed by atoms with Gasteiger partial charge in [0.25, 0.3) is 6.01 Å². The van der Waals surface area contributed by atoms with Crippen molar-refractivity contribution in [1.29, 1.82) is 0 Å². The summed E-state index contributed by atoms with van der Waals surface area (Å²) in [5.41, 5.74) is 5.90. The third-order valence-corrected chi connectivity index (χ3v) is 2.12. The van der Waals surface area contributed by atoms with E-state index >= 15 is 0 Å². The van der Waals surface area contributed by atoms with E-state index < -0.39 is 17.8 Å². The Morgan fingerprint density at radius 2 is 2.38 bits per heavy atom. The summed E-state index contributed by atoms with van der Waals surface area (Å²) in [6, 6.07) is 3.54. The molecule has 1 heterocycles. The summed E-state index contributed by atoms with van der Waals surface area (Å²) in [5.74, 6) is -0.913. The third-order valence-electron chi connectivity index (χ3n) is 2.12. The number of hydrogen-bond acceptors (Lipinski definition) is 4. The Kier molecular flexibility index (Phi) is 2.47. The van der Waals surface area contributed by atoms with Crippen LogP contribution < -0.4 is 11.1 Å². The molecule has 0 aliphatic carbocycles. The molecule has 16 heavy (non-hydrogen) atoms. The van der Waals surface area contributed by atoms with Crippen molar-refractivity contribution in [2.75, 3.05) is 5.32 Å². The molecule has 0 aliphatic rings. The minimum Gasteiger partial charge on any atom is -0.424 e. The molecule has 0 bridgehead atoms. The summed E-state index contributed by atoms with van der Waals surface area (Å²) in [6.07, 6.45) is 0. The second-order valence-corrected chi connectivity index (χ2v) is 3.40. The van der Waals surface area contributed by atoms with Gasteiger partial charge in [-0.25, -0.2) is 4.39 Å². The molecule has 1 unspecified atom stereocenters. The summed E-state index contributed by atoms with van der Waals surface area (Å²) in [7, 11) is 0. The van der Waals surface area contributed by atoms with Crippen LogP contribution in [-0.2, 0) is 4.79 Å². The SMILES string of the molecule is CC(Nc1nc2cc(F)ccc2o1)C(N)=O. The average molecular weight is 223 g/mol. The van der Waals surface area contributed by atoms with Gasteiger partial charge < -0.3 is 15.5 Å². The fourth-order valence-corrected chi connectivity index (χ4v) is 1.22. The molecule has 2 aromatic rings. The maximum absolute atomic E-state index is 12.9. The topological polar surface area (TPSA) is 81.2 Å². The summed E-state index contributed by atoms with van der Waals surface area (Å²) in [5, 5.41) is 2.68. The molecular formula is C10H10FN3O2. The Hall–Kier alpha value is -2.11. The predicted octanol–water partition coefficient (Wildman–Crippen LogP) is 1.25. The number of fused-ring (bicyclic) bond motifs is 1. The summed E-state index contributed by atoms with van der Waals surface area (Å²) < 4.78 is 18.1. The fourth-order valence-electron chi connectivity index (χ4n) is 1.22. The van der Waals surface area contributed by atoms with Gasteiger partial charge in [0.05, 0.1) is 0 Å². The van der Waals surface area contributed by atoms with Gasteiger partial charge >= 0.3 is 0 Å². The van der Waals surface area contributed by atoms with Gasteiger partial charge in [-0.2, -0.15) is 4.98 Å². The largest absolute Gasteiger partial charge is 0.424 e. The minimum atomic E-state index is -0.599. The number of oxazole rings is 1. The van der Waals surface area contributed by atoms with Crippen molar-refractivity contribution in [2.24, 2.45) is 5.73 Å². The van der Waals surface area contributed by atoms with Crippen LogP contribution >= 0.6 is 0 Å². The quantitative estimate of drug-likeness (QED) is 0.820. The van der Waals surface area contributed by atoms with Gasteiger partial charge in [0.15, 0.2) is 5.58 Å². The smallest absolute Gasteiger partial charge is 0.296 e. The Bertz CT molecular complexity index is 538. The molecule has 0 aliphatic heterocycles. The molecule has 1 aromatic heterocycles. The van der Waals surface area contributed by atoms with Crippen LogP contribution in [0.2, 0.25) is 0 Å². The van der Waals surface area contributed by atoms with Crippen molar-refractivity contribution in [2.45, 2.75) is 13.0 Å². The van der Waals surface area contributed by atoms with Crippen molar-refractivity contribution >= 4 is 23.0 Å². The number of anilines is 1. The van der Waals surface area contributed by atoms with Crippen LogP contribution in [0.3, 0.4) is 0 Å². The Labute approximate surface area is 90.4 Å². The number of carbonyl (C=O) groups excluding carboxylic acids is 1. The lowest BCUT2D eigenvalue weighted by molar-refractivity contribution is -0.118. The van der Waals surface area contributed by atoms with Crippen LogP contribution in [0.5, 0.6) is 0 Å².